The molecular weight excluding hydrogens is 364 g/mol. The number of carbonyl (C=O) groups excluding carboxylic acids is 2. The van der Waals surface area contributed by atoms with Crippen LogP contribution in [0.15, 0.2) is 24.3 Å². The molecule has 0 radical (unpaired) electrons. The summed E-state index contributed by atoms with van der Waals surface area (Å²) in [6.45, 7) is 0.744. The number of ether oxygens (including phenoxy) is 1. The first-order valence-electron chi connectivity index (χ1n) is 11.0. The van der Waals surface area contributed by atoms with E-state index in [-0.39, 0.29) is 23.9 Å². The molecule has 0 unspecified atom stereocenters. The third-order valence-electron chi connectivity index (χ3n) is 7.79. The molecule has 0 N–H and O–H groups in total. The number of esters is 1. The molecule has 6 rings (SSSR count). The summed E-state index contributed by atoms with van der Waals surface area (Å²) in [5.74, 6) is 2.02. The predicted octanol–water partition coefficient (Wildman–Crippen LogP) is 3.81. The van der Waals surface area contributed by atoms with Crippen LogP contribution < -0.4 is 0 Å². The van der Waals surface area contributed by atoms with Gasteiger partial charge in [0.2, 0.25) is 5.91 Å². The number of carbonyl (C=O) groups is 2. The van der Waals surface area contributed by atoms with E-state index in [9.17, 15) is 14.9 Å². The van der Waals surface area contributed by atoms with Crippen LogP contribution in [0.5, 0.6) is 0 Å². The zero-order chi connectivity index (χ0) is 20.0. The quantitative estimate of drug-likeness (QED) is 0.731. The second-order valence-corrected chi connectivity index (χ2v) is 9.73. The van der Waals surface area contributed by atoms with Gasteiger partial charge in [-0.15, -0.1) is 0 Å². The normalized spacial score (nSPS) is 34.8. The van der Waals surface area contributed by atoms with E-state index >= 15 is 0 Å². The number of rotatable bonds is 4. The fourth-order valence-electron chi connectivity index (χ4n) is 6.93. The van der Waals surface area contributed by atoms with Crippen LogP contribution >= 0.6 is 0 Å². The molecule has 1 heterocycles. The summed E-state index contributed by atoms with van der Waals surface area (Å²) >= 11 is 0. The number of nitriles is 1. The van der Waals surface area contributed by atoms with Crippen molar-refractivity contribution in [2.75, 3.05) is 6.54 Å². The van der Waals surface area contributed by atoms with Crippen LogP contribution in [0.25, 0.3) is 0 Å². The van der Waals surface area contributed by atoms with E-state index in [1.165, 1.54) is 19.3 Å². The summed E-state index contributed by atoms with van der Waals surface area (Å²) in [6.07, 6.45) is 8.50. The topological polar surface area (TPSA) is 70.4 Å². The van der Waals surface area contributed by atoms with Gasteiger partial charge in [0.25, 0.3) is 0 Å². The summed E-state index contributed by atoms with van der Waals surface area (Å²) in [5, 5.41) is 9.22. The first-order valence-corrected chi connectivity index (χ1v) is 11.0. The monoisotopic (exact) mass is 392 g/mol. The van der Waals surface area contributed by atoms with Gasteiger partial charge in [0.15, 0.2) is 0 Å². The molecule has 5 fully saturated rings. The van der Waals surface area contributed by atoms with Crippen molar-refractivity contribution in [3.8, 4) is 6.07 Å². The highest BCUT2D eigenvalue weighted by molar-refractivity contribution is 5.89. The Morgan fingerprint density at radius 3 is 2.41 bits per heavy atom. The molecule has 1 aromatic carbocycles. The van der Waals surface area contributed by atoms with Gasteiger partial charge in [-0.2, -0.15) is 5.26 Å². The summed E-state index contributed by atoms with van der Waals surface area (Å²) in [4.78, 5) is 28.4. The number of benzene rings is 1. The van der Waals surface area contributed by atoms with Gasteiger partial charge < -0.3 is 9.64 Å². The highest BCUT2D eigenvalue weighted by atomic mass is 16.5. The van der Waals surface area contributed by atoms with Crippen LogP contribution in [0.3, 0.4) is 0 Å². The lowest BCUT2D eigenvalue weighted by Crippen LogP contribution is -2.56. The van der Waals surface area contributed by atoms with Crippen LogP contribution in [0.2, 0.25) is 0 Å². The van der Waals surface area contributed by atoms with Crippen molar-refractivity contribution in [2.24, 2.45) is 23.2 Å². The summed E-state index contributed by atoms with van der Waals surface area (Å²) in [5.41, 5.74) is 1.01. The lowest BCUT2D eigenvalue weighted by Gasteiger charge is -2.56. The second kappa shape index (κ2) is 7.16. The molecule has 4 aliphatic carbocycles. The van der Waals surface area contributed by atoms with Gasteiger partial charge >= 0.3 is 5.97 Å². The van der Waals surface area contributed by atoms with E-state index in [2.05, 4.69) is 6.07 Å². The Morgan fingerprint density at radius 1 is 1.10 bits per heavy atom. The van der Waals surface area contributed by atoms with E-state index in [0.29, 0.717) is 41.8 Å². The van der Waals surface area contributed by atoms with E-state index in [0.717, 1.165) is 25.7 Å². The molecule has 0 aromatic heterocycles. The van der Waals surface area contributed by atoms with Crippen LogP contribution in [0, 0.1) is 34.5 Å². The Morgan fingerprint density at radius 2 is 1.76 bits per heavy atom. The average Bonchev–Trinajstić information content (AvgIpc) is 3.20. The third-order valence-corrected chi connectivity index (χ3v) is 7.79. The van der Waals surface area contributed by atoms with Crippen molar-refractivity contribution < 1.29 is 14.3 Å². The molecule has 5 heteroatoms. The molecule has 1 aliphatic heterocycles. The van der Waals surface area contributed by atoms with Crippen LogP contribution in [-0.2, 0) is 20.9 Å². The Hall–Kier alpha value is -2.35. The van der Waals surface area contributed by atoms with E-state index in [1.807, 2.05) is 11.0 Å². The maximum Gasteiger partial charge on any atom is 0.329 e. The van der Waals surface area contributed by atoms with Gasteiger partial charge in [0.05, 0.1) is 17.0 Å². The smallest absolute Gasteiger partial charge is 0.329 e. The van der Waals surface area contributed by atoms with Gasteiger partial charge in [-0.25, -0.2) is 4.79 Å². The van der Waals surface area contributed by atoms with Crippen LogP contribution in [0.4, 0.5) is 0 Å². The van der Waals surface area contributed by atoms with Crippen LogP contribution in [-0.4, -0.2) is 29.4 Å². The predicted molar refractivity (Wildman–Crippen MR) is 106 cm³/mol. The molecule has 4 saturated carbocycles. The molecule has 1 saturated heterocycles. The van der Waals surface area contributed by atoms with Crippen molar-refractivity contribution in [3.05, 3.63) is 35.4 Å². The molecule has 1 aromatic rings. The van der Waals surface area contributed by atoms with E-state index in [1.54, 1.807) is 18.2 Å². The van der Waals surface area contributed by atoms with Crippen molar-refractivity contribution in [2.45, 2.75) is 64.0 Å². The Kier molecular flexibility index (Phi) is 4.61. The van der Waals surface area contributed by atoms with Crippen LogP contribution in [0.1, 0.15) is 62.5 Å². The molecular formula is C24H28N2O3. The van der Waals surface area contributed by atoms with Crippen molar-refractivity contribution in [1.29, 1.82) is 5.26 Å². The minimum atomic E-state index is -0.468. The molecule has 0 spiro atoms. The van der Waals surface area contributed by atoms with Crippen molar-refractivity contribution >= 4 is 11.9 Å². The molecule has 4 bridgehead atoms. The molecule has 1 atom stereocenters. The largest absolute Gasteiger partial charge is 0.459 e. The first-order chi connectivity index (χ1) is 14.1. The Bertz CT molecular complexity index is 836. The fraction of sp³-hybridized carbons (Fsp3) is 0.625. The number of hydrogen-bond donors (Lipinski definition) is 0. The zero-order valence-electron chi connectivity index (χ0n) is 16.8. The highest BCUT2D eigenvalue weighted by Gasteiger charge is 2.56. The third kappa shape index (κ3) is 3.23. The average molecular weight is 392 g/mol. The zero-order valence-corrected chi connectivity index (χ0v) is 16.8. The Labute approximate surface area is 172 Å². The SMILES string of the molecule is N#Cc1ccccc1COC(=O)[C@H]1CCCN1C(=O)C12CC3CC(CC(C3)C1)C2. The van der Waals surface area contributed by atoms with E-state index in [4.69, 9.17) is 4.74 Å². The number of likely N-dealkylation sites (tertiary alicyclic amines) is 1. The van der Waals surface area contributed by atoms with Gasteiger partial charge in [0, 0.05) is 12.1 Å². The Balaban J connectivity index is 1.28. The van der Waals surface area contributed by atoms with Crippen molar-refractivity contribution in [1.82, 2.24) is 4.90 Å². The highest BCUT2D eigenvalue weighted by Crippen LogP contribution is 2.60. The molecule has 152 valence electrons. The summed E-state index contributed by atoms with van der Waals surface area (Å²) in [7, 11) is 0. The van der Waals surface area contributed by atoms with E-state index < -0.39 is 6.04 Å². The van der Waals surface area contributed by atoms with Gasteiger partial charge in [-0.05, 0) is 75.2 Å². The van der Waals surface area contributed by atoms with Gasteiger partial charge in [-0.1, -0.05) is 18.2 Å². The lowest BCUT2D eigenvalue weighted by molar-refractivity contribution is -0.166. The number of nitrogens with zero attached hydrogens (tertiary/aromatic N) is 2. The van der Waals surface area contributed by atoms with Gasteiger partial charge in [0.1, 0.15) is 12.6 Å². The first kappa shape index (κ1) is 18.7. The van der Waals surface area contributed by atoms with Crippen molar-refractivity contribution in [3.63, 3.8) is 0 Å². The molecule has 5 aliphatic rings. The molecule has 29 heavy (non-hydrogen) atoms. The standard InChI is InChI=1S/C24H28N2O3/c25-14-19-4-1-2-5-20(19)15-29-22(27)21-6-3-7-26(21)23(28)24-11-16-8-17(12-24)10-18(9-16)13-24/h1-2,4-5,16-18,21H,3,6-13,15H2/t16?,17?,18?,21-,24?/m1/s1. The lowest BCUT2D eigenvalue weighted by atomic mass is 9.49. The fourth-order valence-corrected chi connectivity index (χ4v) is 6.93. The maximum atomic E-state index is 13.7. The molecule has 5 nitrogen and oxygen atoms in total. The second-order valence-electron chi connectivity index (χ2n) is 9.73. The maximum absolute atomic E-state index is 13.7. The summed E-state index contributed by atoms with van der Waals surface area (Å²) in [6, 6.07) is 8.83. The number of hydrogen-bond acceptors (Lipinski definition) is 4. The number of amides is 1. The molecule has 1 amide bonds. The summed E-state index contributed by atoms with van der Waals surface area (Å²) < 4.78 is 5.57. The van der Waals surface area contributed by atoms with Gasteiger partial charge in [-0.3, -0.25) is 4.79 Å². The minimum Gasteiger partial charge on any atom is -0.459 e. The minimum absolute atomic E-state index is 0.0818.